The molecule has 29 heavy (non-hydrogen) atoms. The molecule has 0 saturated carbocycles. The summed E-state index contributed by atoms with van der Waals surface area (Å²) in [6.45, 7) is 8.17. The fourth-order valence-corrected chi connectivity index (χ4v) is 4.88. The second-order valence-corrected chi connectivity index (χ2v) is 8.19. The maximum Gasteiger partial charge on any atom is 0.233 e. The van der Waals surface area contributed by atoms with Gasteiger partial charge in [0.25, 0.3) is 0 Å². The maximum atomic E-state index is 13.1. The van der Waals surface area contributed by atoms with Crippen LogP contribution in [-0.2, 0) is 4.79 Å². The minimum Gasteiger partial charge on any atom is -0.368 e. The summed E-state index contributed by atoms with van der Waals surface area (Å²) in [5.74, 6) is -1.27. The van der Waals surface area contributed by atoms with Gasteiger partial charge in [-0.3, -0.25) is 9.59 Å². The number of halogens is 1. The van der Waals surface area contributed by atoms with E-state index in [1.54, 1.807) is 6.92 Å². The zero-order valence-electron chi connectivity index (χ0n) is 17.2. The van der Waals surface area contributed by atoms with E-state index in [0.29, 0.717) is 24.7 Å². The number of carbonyl (C=O) groups is 2. The zero-order valence-corrected chi connectivity index (χ0v) is 17.2. The number of ketones is 1. The largest absolute Gasteiger partial charge is 0.368 e. The van der Waals surface area contributed by atoms with Crippen molar-refractivity contribution in [2.75, 3.05) is 24.5 Å². The summed E-state index contributed by atoms with van der Waals surface area (Å²) >= 11 is 0. The number of anilines is 1. The number of hydrogen-bond donors (Lipinski definition) is 0. The van der Waals surface area contributed by atoms with Crippen LogP contribution < -0.4 is 4.90 Å². The first-order valence-corrected chi connectivity index (χ1v) is 10.4. The summed E-state index contributed by atoms with van der Waals surface area (Å²) in [5.41, 5.74) is 4.19. The molecule has 1 amide bonds. The van der Waals surface area contributed by atoms with Gasteiger partial charge in [-0.1, -0.05) is 17.7 Å². The lowest BCUT2D eigenvalue weighted by Gasteiger charge is -2.39. The van der Waals surface area contributed by atoms with Gasteiger partial charge in [0.05, 0.1) is 5.92 Å². The first-order chi connectivity index (χ1) is 13.9. The molecule has 2 aliphatic heterocycles. The van der Waals surface area contributed by atoms with Crippen molar-refractivity contribution >= 4 is 17.4 Å². The van der Waals surface area contributed by atoms with Gasteiger partial charge in [-0.2, -0.15) is 0 Å². The van der Waals surface area contributed by atoms with Crippen LogP contribution in [-0.4, -0.2) is 42.3 Å². The summed E-state index contributed by atoms with van der Waals surface area (Å²) in [5, 5.41) is 0. The highest BCUT2D eigenvalue weighted by atomic mass is 19.1. The van der Waals surface area contributed by atoms with Crippen molar-refractivity contribution in [3.8, 4) is 0 Å². The van der Waals surface area contributed by atoms with Gasteiger partial charge < -0.3 is 9.80 Å². The Morgan fingerprint density at radius 3 is 2.59 bits per heavy atom. The molecule has 1 fully saturated rings. The topological polar surface area (TPSA) is 40.6 Å². The number of carbonyl (C=O) groups excluding carboxylic acids is 2. The van der Waals surface area contributed by atoms with E-state index in [1.165, 1.54) is 41.1 Å². The highest BCUT2D eigenvalue weighted by Crippen LogP contribution is 2.45. The molecule has 0 radical (unpaired) electrons. The lowest BCUT2D eigenvalue weighted by molar-refractivity contribution is -0.134. The third-order valence-electron chi connectivity index (χ3n) is 6.41. The van der Waals surface area contributed by atoms with E-state index in [2.05, 4.69) is 36.9 Å². The lowest BCUT2D eigenvalue weighted by atomic mass is 9.87. The molecule has 0 aliphatic carbocycles. The zero-order chi connectivity index (χ0) is 20.7. The number of nitrogens with zero attached hydrogens (tertiary/aromatic N) is 2. The van der Waals surface area contributed by atoms with Crippen LogP contribution in [0.5, 0.6) is 0 Å². The Kier molecular flexibility index (Phi) is 5.15. The van der Waals surface area contributed by atoms with E-state index in [0.717, 1.165) is 13.0 Å². The number of amides is 1. The third kappa shape index (κ3) is 3.43. The number of piperidine rings is 1. The van der Waals surface area contributed by atoms with Gasteiger partial charge in [0.2, 0.25) is 5.91 Å². The molecule has 2 aromatic rings. The van der Waals surface area contributed by atoms with Crippen molar-refractivity contribution in [1.82, 2.24) is 4.90 Å². The summed E-state index contributed by atoms with van der Waals surface area (Å²) in [7, 11) is 0. The number of Topliss-reactive ketones (excluding diaryl/α,β-unsaturated/α-hetero) is 1. The van der Waals surface area contributed by atoms with E-state index in [4.69, 9.17) is 0 Å². The number of fused-ring (bicyclic) bond motifs is 3. The average Bonchev–Trinajstić information content (AvgIpc) is 3.04. The smallest absolute Gasteiger partial charge is 0.233 e. The van der Waals surface area contributed by atoms with Crippen LogP contribution in [0.3, 0.4) is 0 Å². The van der Waals surface area contributed by atoms with Crippen molar-refractivity contribution in [2.45, 2.75) is 39.2 Å². The quantitative estimate of drug-likeness (QED) is 0.577. The lowest BCUT2D eigenvalue weighted by Crippen LogP contribution is -2.50. The first-order valence-electron chi connectivity index (χ1n) is 10.4. The molecular weight excluding hydrogens is 367 g/mol. The number of likely N-dealkylation sites (N-methyl/N-ethyl adjacent to an activating group) is 1. The molecule has 0 aromatic heterocycles. The molecule has 4 rings (SSSR count). The molecule has 0 N–H and O–H groups in total. The van der Waals surface area contributed by atoms with Gasteiger partial charge >= 0.3 is 0 Å². The second-order valence-electron chi connectivity index (χ2n) is 8.19. The Hall–Kier alpha value is -2.69. The molecular formula is C24H27FN2O2. The summed E-state index contributed by atoms with van der Waals surface area (Å²) in [4.78, 5) is 30.1. The maximum absolute atomic E-state index is 13.1. The minimum absolute atomic E-state index is 0.137. The molecule has 1 saturated heterocycles. The summed E-state index contributed by atoms with van der Waals surface area (Å²) < 4.78 is 13.1. The van der Waals surface area contributed by atoms with Crippen LogP contribution >= 0.6 is 0 Å². The van der Waals surface area contributed by atoms with E-state index in [1.807, 2.05) is 4.90 Å². The Labute approximate surface area is 171 Å². The van der Waals surface area contributed by atoms with Gasteiger partial charge in [-0.05, 0) is 63.1 Å². The van der Waals surface area contributed by atoms with Crippen molar-refractivity contribution < 1.29 is 14.0 Å². The highest BCUT2D eigenvalue weighted by Gasteiger charge is 2.43. The van der Waals surface area contributed by atoms with Crippen molar-refractivity contribution in [2.24, 2.45) is 5.92 Å². The van der Waals surface area contributed by atoms with Gasteiger partial charge in [0.15, 0.2) is 5.78 Å². The Bertz CT molecular complexity index is 940. The molecule has 3 unspecified atom stereocenters. The van der Waals surface area contributed by atoms with Crippen LogP contribution in [0.2, 0.25) is 0 Å². The Morgan fingerprint density at radius 2 is 1.90 bits per heavy atom. The van der Waals surface area contributed by atoms with Gasteiger partial charge in [0, 0.05) is 42.8 Å². The second kappa shape index (κ2) is 7.62. The van der Waals surface area contributed by atoms with Crippen LogP contribution in [0, 0.1) is 18.7 Å². The van der Waals surface area contributed by atoms with Gasteiger partial charge in [-0.25, -0.2) is 4.39 Å². The normalized spacial score (nSPS) is 21.5. The first kappa shape index (κ1) is 19.6. The molecule has 3 atom stereocenters. The van der Waals surface area contributed by atoms with Crippen LogP contribution in [0.25, 0.3) is 0 Å². The molecule has 4 nitrogen and oxygen atoms in total. The Balaban J connectivity index is 1.53. The number of rotatable bonds is 4. The average molecular weight is 394 g/mol. The van der Waals surface area contributed by atoms with E-state index >= 15 is 0 Å². The molecule has 0 spiro atoms. The monoisotopic (exact) mass is 394 g/mol. The fourth-order valence-electron chi connectivity index (χ4n) is 4.88. The predicted octanol–water partition coefficient (Wildman–Crippen LogP) is 4.18. The van der Waals surface area contributed by atoms with E-state index in [-0.39, 0.29) is 17.6 Å². The minimum atomic E-state index is -0.766. The molecule has 2 aliphatic rings. The van der Waals surface area contributed by atoms with E-state index < -0.39 is 11.7 Å². The number of likely N-dealkylation sites (tertiary alicyclic amines) is 1. The fraction of sp³-hybridized carbons (Fsp3) is 0.417. The van der Waals surface area contributed by atoms with Crippen LogP contribution in [0.1, 0.15) is 47.7 Å². The molecule has 0 bridgehead atoms. The molecule has 2 heterocycles. The van der Waals surface area contributed by atoms with Crippen molar-refractivity contribution in [3.63, 3.8) is 0 Å². The van der Waals surface area contributed by atoms with Gasteiger partial charge in [0.1, 0.15) is 5.82 Å². The third-order valence-corrected chi connectivity index (χ3v) is 6.41. The van der Waals surface area contributed by atoms with Crippen molar-refractivity contribution in [3.05, 3.63) is 65.0 Å². The summed E-state index contributed by atoms with van der Waals surface area (Å²) in [6.07, 6.45) is 0.898. The van der Waals surface area contributed by atoms with Crippen LogP contribution in [0.15, 0.2) is 42.5 Å². The molecule has 5 heteroatoms. The van der Waals surface area contributed by atoms with Crippen LogP contribution in [0.4, 0.5) is 10.1 Å². The standard InChI is InChI=1S/C24H27FN2O2/c1-4-27-21-10-5-15(2)13-19(21)20-14-26(12-11-22(20)27)24(29)16(3)23(28)17-6-8-18(25)9-7-17/h5-10,13,16,20,22H,4,11-12,14H2,1-3H3. The SMILES string of the molecule is CCN1c2ccc(C)cc2C2CN(C(=O)C(C)C(=O)c3ccc(F)cc3)CCC21. The van der Waals surface area contributed by atoms with Gasteiger partial charge in [-0.15, -0.1) is 0 Å². The summed E-state index contributed by atoms with van der Waals surface area (Å²) in [6, 6.07) is 12.4. The number of aryl methyl sites for hydroxylation is 1. The predicted molar refractivity (Wildman–Crippen MR) is 112 cm³/mol. The highest BCUT2D eigenvalue weighted by molar-refractivity contribution is 6.09. The van der Waals surface area contributed by atoms with E-state index in [9.17, 15) is 14.0 Å². The Morgan fingerprint density at radius 1 is 1.17 bits per heavy atom. The number of hydrogen-bond acceptors (Lipinski definition) is 3. The number of benzene rings is 2. The van der Waals surface area contributed by atoms with Crippen molar-refractivity contribution in [1.29, 1.82) is 0 Å². The molecule has 152 valence electrons. The molecule has 2 aromatic carbocycles.